The molecule has 28 heavy (non-hydrogen) atoms. The van der Waals surface area contributed by atoms with Gasteiger partial charge in [-0.2, -0.15) is 4.98 Å². The van der Waals surface area contributed by atoms with Gasteiger partial charge in [0.1, 0.15) is 10.8 Å². The first kappa shape index (κ1) is 19.9. The molecule has 1 aromatic heterocycles. The first-order valence-electron chi connectivity index (χ1n) is 9.04. The fourth-order valence-corrected chi connectivity index (χ4v) is 2.89. The first-order chi connectivity index (χ1) is 13.7. The van der Waals surface area contributed by atoms with Crippen LogP contribution in [0.3, 0.4) is 0 Å². The summed E-state index contributed by atoms with van der Waals surface area (Å²) in [6, 6.07) is 15.8. The van der Waals surface area contributed by atoms with Gasteiger partial charge in [0.15, 0.2) is 5.82 Å². The molecule has 0 aliphatic carbocycles. The van der Waals surface area contributed by atoms with Crippen LogP contribution in [0.2, 0.25) is 5.02 Å². The fraction of sp³-hybridized carbons (Fsp3) is 0.238. The van der Waals surface area contributed by atoms with E-state index in [4.69, 9.17) is 21.4 Å². The predicted octanol–water partition coefficient (Wildman–Crippen LogP) is 4.42. The summed E-state index contributed by atoms with van der Waals surface area (Å²) in [7, 11) is 1.64. The van der Waals surface area contributed by atoms with Gasteiger partial charge in [-0.25, -0.2) is 4.98 Å². The van der Waals surface area contributed by atoms with Crippen molar-refractivity contribution in [1.29, 1.82) is 0 Å². The molecule has 0 atom stereocenters. The predicted molar refractivity (Wildman–Crippen MR) is 112 cm³/mol. The highest BCUT2D eigenvalue weighted by atomic mass is 35.5. The number of nitrogens with zero attached hydrogens (tertiary/aromatic N) is 2. The Balaban J connectivity index is 1.69. The molecule has 0 saturated heterocycles. The second kappa shape index (κ2) is 9.92. The van der Waals surface area contributed by atoms with Gasteiger partial charge in [0.2, 0.25) is 5.95 Å². The topological polar surface area (TPSA) is 79.3 Å². The van der Waals surface area contributed by atoms with Crippen molar-refractivity contribution in [2.45, 2.75) is 19.4 Å². The van der Waals surface area contributed by atoms with Gasteiger partial charge in [-0.05, 0) is 48.2 Å². The van der Waals surface area contributed by atoms with Crippen molar-refractivity contribution in [2.24, 2.45) is 0 Å². The summed E-state index contributed by atoms with van der Waals surface area (Å²) in [5.74, 6) is 1.81. The van der Waals surface area contributed by atoms with E-state index in [0.29, 0.717) is 23.3 Å². The number of benzene rings is 2. The van der Waals surface area contributed by atoms with Crippen LogP contribution in [-0.2, 0) is 13.0 Å². The lowest BCUT2D eigenvalue weighted by atomic mass is 10.1. The monoisotopic (exact) mass is 398 g/mol. The molecule has 0 radical (unpaired) electrons. The highest BCUT2D eigenvalue weighted by molar-refractivity contribution is 6.32. The third-order valence-electron chi connectivity index (χ3n) is 4.14. The molecular formula is C21H23ClN4O2. The largest absolute Gasteiger partial charge is 0.497 e. The van der Waals surface area contributed by atoms with Crippen LogP contribution in [0.25, 0.3) is 0 Å². The Labute approximate surface area is 169 Å². The standard InChI is InChI=1S/C21H23ClN4O2/c1-28-18-9-3-6-16(12-18)13-23-20-19(22)14-24-21(26-20)25-17-8-2-5-15(11-17)7-4-10-27/h2-3,5-6,8-9,11-12,14,27H,4,7,10,13H2,1H3,(H2,23,24,25,26). The minimum Gasteiger partial charge on any atom is -0.497 e. The molecule has 1 heterocycles. The summed E-state index contributed by atoms with van der Waals surface area (Å²) < 4.78 is 5.25. The van der Waals surface area contributed by atoms with Crippen molar-refractivity contribution in [3.05, 3.63) is 70.9 Å². The van der Waals surface area contributed by atoms with Crippen LogP contribution in [0, 0.1) is 0 Å². The van der Waals surface area contributed by atoms with E-state index in [9.17, 15) is 0 Å². The Morgan fingerprint density at radius 2 is 1.93 bits per heavy atom. The van der Waals surface area contributed by atoms with Crippen LogP contribution in [0.15, 0.2) is 54.7 Å². The zero-order valence-corrected chi connectivity index (χ0v) is 16.4. The van der Waals surface area contributed by atoms with Gasteiger partial charge in [0.05, 0.1) is 13.3 Å². The molecule has 0 fully saturated rings. The van der Waals surface area contributed by atoms with Gasteiger partial charge in [0, 0.05) is 18.8 Å². The lowest BCUT2D eigenvalue weighted by molar-refractivity contribution is 0.288. The maximum Gasteiger partial charge on any atom is 0.229 e. The molecule has 2 aromatic carbocycles. The van der Waals surface area contributed by atoms with Crippen LogP contribution in [0.1, 0.15) is 17.5 Å². The van der Waals surface area contributed by atoms with E-state index < -0.39 is 0 Å². The zero-order chi connectivity index (χ0) is 19.8. The first-order valence-corrected chi connectivity index (χ1v) is 9.42. The SMILES string of the molecule is COc1cccc(CNc2nc(Nc3cccc(CCCO)c3)ncc2Cl)c1. The third-order valence-corrected chi connectivity index (χ3v) is 4.42. The normalized spacial score (nSPS) is 10.5. The molecule has 3 rings (SSSR count). The van der Waals surface area contributed by atoms with E-state index in [0.717, 1.165) is 35.4 Å². The molecule has 7 heteroatoms. The molecule has 0 aliphatic rings. The Kier molecular flexibility index (Phi) is 7.06. The van der Waals surface area contributed by atoms with Crippen molar-refractivity contribution in [3.8, 4) is 5.75 Å². The molecule has 3 aromatic rings. The Morgan fingerprint density at radius 1 is 1.11 bits per heavy atom. The van der Waals surface area contributed by atoms with Crippen LogP contribution in [0.4, 0.5) is 17.5 Å². The minimum atomic E-state index is 0.181. The maximum absolute atomic E-state index is 8.99. The number of halogens is 1. The number of hydrogen-bond acceptors (Lipinski definition) is 6. The summed E-state index contributed by atoms with van der Waals surface area (Å²) in [6.07, 6.45) is 3.13. The second-order valence-electron chi connectivity index (χ2n) is 6.25. The average molecular weight is 399 g/mol. The van der Waals surface area contributed by atoms with Crippen LogP contribution < -0.4 is 15.4 Å². The zero-order valence-electron chi connectivity index (χ0n) is 15.7. The van der Waals surface area contributed by atoms with Gasteiger partial charge < -0.3 is 20.5 Å². The number of aliphatic hydroxyl groups excluding tert-OH is 1. The summed E-state index contributed by atoms with van der Waals surface area (Å²) >= 11 is 6.24. The van der Waals surface area contributed by atoms with Gasteiger partial charge in [-0.15, -0.1) is 0 Å². The van der Waals surface area contributed by atoms with E-state index in [1.165, 1.54) is 0 Å². The molecule has 0 bridgehead atoms. The summed E-state index contributed by atoms with van der Waals surface area (Å²) in [5, 5.41) is 15.9. The summed E-state index contributed by atoms with van der Waals surface area (Å²) in [4.78, 5) is 8.73. The van der Waals surface area contributed by atoms with E-state index in [2.05, 4.69) is 20.6 Å². The maximum atomic E-state index is 8.99. The lowest BCUT2D eigenvalue weighted by Crippen LogP contribution is -2.05. The summed E-state index contributed by atoms with van der Waals surface area (Å²) in [5.41, 5.74) is 3.08. The van der Waals surface area contributed by atoms with Gasteiger partial charge in [-0.1, -0.05) is 35.9 Å². The molecule has 0 spiro atoms. The van der Waals surface area contributed by atoms with E-state index in [1.807, 2.05) is 48.5 Å². The average Bonchev–Trinajstić information content (AvgIpc) is 2.73. The van der Waals surface area contributed by atoms with E-state index in [-0.39, 0.29) is 6.61 Å². The molecule has 3 N–H and O–H groups in total. The quantitative estimate of drug-likeness (QED) is 0.495. The molecule has 0 unspecified atom stereocenters. The third kappa shape index (κ3) is 5.58. The fourth-order valence-electron chi connectivity index (χ4n) is 2.74. The Bertz CT molecular complexity index is 920. The van der Waals surface area contributed by atoms with Crippen molar-refractivity contribution in [1.82, 2.24) is 9.97 Å². The second-order valence-corrected chi connectivity index (χ2v) is 6.65. The lowest BCUT2D eigenvalue weighted by Gasteiger charge is -2.11. The number of nitrogens with one attached hydrogen (secondary N) is 2. The van der Waals surface area contributed by atoms with Crippen molar-refractivity contribution >= 4 is 29.1 Å². The van der Waals surface area contributed by atoms with Crippen LogP contribution in [-0.4, -0.2) is 28.8 Å². The van der Waals surface area contributed by atoms with Crippen molar-refractivity contribution in [2.75, 3.05) is 24.4 Å². The van der Waals surface area contributed by atoms with Crippen molar-refractivity contribution < 1.29 is 9.84 Å². The Hall–Kier alpha value is -2.83. The number of ether oxygens (including phenoxy) is 1. The molecule has 0 aliphatic heterocycles. The number of hydrogen-bond donors (Lipinski definition) is 3. The number of aliphatic hydroxyl groups is 1. The molecule has 6 nitrogen and oxygen atoms in total. The summed E-state index contributed by atoms with van der Waals surface area (Å²) in [6.45, 7) is 0.740. The van der Waals surface area contributed by atoms with E-state index in [1.54, 1.807) is 13.3 Å². The molecular weight excluding hydrogens is 376 g/mol. The molecule has 0 saturated carbocycles. The van der Waals surface area contributed by atoms with Crippen molar-refractivity contribution in [3.63, 3.8) is 0 Å². The van der Waals surface area contributed by atoms with Gasteiger partial charge >= 0.3 is 0 Å². The highest BCUT2D eigenvalue weighted by Crippen LogP contribution is 2.23. The van der Waals surface area contributed by atoms with E-state index >= 15 is 0 Å². The Morgan fingerprint density at radius 3 is 2.75 bits per heavy atom. The van der Waals surface area contributed by atoms with Gasteiger partial charge in [0.25, 0.3) is 0 Å². The highest BCUT2D eigenvalue weighted by Gasteiger charge is 2.07. The number of rotatable bonds is 9. The molecule has 0 amide bonds. The molecule has 146 valence electrons. The number of aromatic nitrogens is 2. The van der Waals surface area contributed by atoms with Crippen LogP contribution >= 0.6 is 11.6 Å². The number of methoxy groups -OCH3 is 1. The smallest absolute Gasteiger partial charge is 0.229 e. The number of aryl methyl sites for hydroxylation is 1. The van der Waals surface area contributed by atoms with Crippen LogP contribution in [0.5, 0.6) is 5.75 Å². The minimum absolute atomic E-state index is 0.181. The van der Waals surface area contributed by atoms with Gasteiger partial charge in [-0.3, -0.25) is 0 Å². The number of anilines is 3.